The molecule has 0 bridgehead atoms. The van der Waals surface area contributed by atoms with Gasteiger partial charge in [-0.1, -0.05) is 64.6 Å². The maximum Gasteiger partial charge on any atom is 0.345 e. The molecule has 6 nitrogen and oxygen atoms in total. The van der Waals surface area contributed by atoms with Crippen LogP contribution in [0.2, 0.25) is 20.1 Å². The van der Waals surface area contributed by atoms with Crippen LogP contribution in [0.3, 0.4) is 0 Å². The Morgan fingerprint density at radius 1 is 0.938 bits per heavy atom. The number of ether oxygens (including phenoxy) is 2. The van der Waals surface area contributed by atoms with Gasteiger partial charge in [-0.15, -0.1) is 0 Å². The fourth-order valence-electron chi connectivity index (χ4n) is 2.43. The highest BCUT2D eigenvalue weighted by Crippen LogP contribution is 2.31. The zero-order chi connectivity index (χ0) is 23.1. The number of hydrazone groups is 1. The zero-order valence-electron chi connectivity index (χ0n) is 16.2. The van der Waals surface area contributed by atoms with Crippen molar-refractivity contribution in [3.63, 3.8) is 0 Å². The van der Waals surface area contributed by atoms with Crippen molar-refractivity contribution in [2.24, 2.45) is 5.10 Å². The number of hydrogen-bond acceptors (Lipinski definition) is 5. The summed E-state index contributed by atoms with van der Waals surface area (Å²) in [7, 11) is 0. The molecule has 3 rings (SSSR count). The zero-order valence-corrected chi connectivity index (χ0v) is 19.2. The summed E-state index contributed by atoms with van der Waals surface area (Å²) in [6, 6.07) is 15.9. The monoisotopic (exact) mass is 510 g/mol. The van der Waals surface area contributed by atoms with Gasteiger partial charge in [-0.25, -0.2) is 10.2 Å². The highest BCUT2D eigenvalue weighted by Gasteiger charge is 2.13. The van der Waals surface area contributed by atoms with Gasteiger partial charge in [-0.05, 0) is 48.0 Å². The summed E-state index contributed by atoms with van der Waals surface area (Å²) in [5, 5.41) is 4.99. The molecule has 164 valence electrons. The van der Waals surface area contributed by atoms with Crippen LogP contribution in [-0.2, 0) is 4.79 Å². The van der Waals surface area contributed by atoms with E-state index in [4.69, 9.17) is 55.9 Å². The van der Waals surface area contributed by atoms with Crippen molar-refractivity contribution in [3.8, 4) is 11.5 Å². The molecule has 10 heteroatoms. The number of halogens is 4. The minimum absolute atomic E-state index is 0.183. The van der Waals surface area contributed by atoms with Gasteiger partial charge >= 0.3 is 5.97 Å². The van der Waals surface area contributed by atoms with Crippen molar-refractivity contribution in [1.29, 1.82) is 0 Å². The summed E-state index contributed by atoms with van der Waals surface area (Å²) in [5.41, 5.74) is 3.09. The molecule has 0 fully saturated rings. The number of rotatable bonds is 7. The fraction of sp³-hybridized carbons (Fsp3) is 0.0455. The van der Waals surface area contributed by atoms with E-state index in [1.54, 1.807) is 48.5 Å². The Morgan fingerprint density at radius 2 is 1.72 bits per heavy atom. The lowest BCUT2D eigenvalue weighted by Crippen LogP contribution is -2.24. The Labute approximate surface area is 203 Å². The van der Waals surface area contributed by atoms with Gasteiger partial charge in [0.1, 0.15) is 16.5 Å². The molecule has 0 unspecified atom stereocenters. The van der Waals surface area contributed by atoms with Gasteiger partial charge in [-0.2, -0.15) is 5.10 Å². The predicted molar refractivity (Wildman–Crippen MR) is 126 cm³/mol. The van der Waals surface area contributed by atoms with Crippen molar-refractivity contribution in [2.45, 2.75) is 0 Å². The van der Waals surface area contributed by atoms with Gasteiger partial charge in [-0.3, -0.25) is 4.79 Å². The van der Waals surface area contributed by atoms with Crippen molar-refractivity contribution in [2.75, 3.05) is 6.61 Å². The van der Waals surface area contributed by atoms with Crippen molar-refractivity contribution >= 4 is 64.5 Å². The highest BCUT2D eigenvalue weighted by atomic mass is 35.5. The fourth-order valence-corrected chi connectivity index (χ4v) is 3.26. The summed E-state index contributed by atoms with van der Waals surface area (Å²) in [6.07, 6.45) is 1.39. The van der Waals surface area contributed by atoms with Gasteiger partial charge in [0.15, 0.2) is 6.61 Å². The summed E-state index contributed by atoms with van der Waals surface area (Å²) in [6.45, 7) is -0.309. The third-order valence-electron chi connectivity index (χ3n) is 3.90. The summed E-state index contributed by atoms with van der Waals surface area (Å²) in [4.78, 5) is 24.2. The number of nitrogens with zero attached hydrogens (tertiary/aromatic N) is 1. The first-order valence-electron chi connectivity index (χ1n) is 8.99. The van der Waals surface area contributed by atoms with Gasteiger partial charge in [0.25, 0.3) is 5.91 Å². The second-order valence-electron chi connectivity index (χ2n) is 6.22. The smallest absolute Gasteiger partial charge is 0.345 e. The van der Waals surface area contributed by atoms with Crippen LogP contribution in [0.5, 0.6) is 11.5 Å². The van der Waals surface area contributed by atoms with Gasteiger partial charge in [0.05, 0.1) is 21.8 Å². The topological polar surface area (TPSA) is 77.0 Å². The van der Waals surface area contributed by atoms with Crippen molar-refractivity contribution < 1.29 is 19.1 Å². The predicted octanol–water partition coefficient (Wildman–Crippen LogP) is 6.05. The number of hydrogen-bond donors (Lipinski definition) is 1. The van der Waals surface area contributed by atoms with E-state index in [1.807, 2.05) is 0 Å². The van der Waals surface area contributed by atoms with E-state index in [0.29, 0.717) is 15.6 Å². The number of nitrogens with one attached hydrogen (secondary N) is 1. The van der Waals surface area contributed by atoms with Crippen LogP contribution >= 0.6 is 46.4 Å². The van der Waals surface area contributed by atoms with Crippen LogP contribution in [0.4, 0.5) is 0 Å². The second kappa shape index (κ2) is 11.2. The van der Waals surface area contributed by atoms with Crippen LogP contribution in [0, 0.1) is 0 Å². The minimum atomic E-state index is -0.633. The normalized spacial score (nSPS) is 10.8. The molecule has 0 atom stereocenters. The Hall–Kier alpha value is -2.77. The van der Waals surface area contributed by atoms with E-state index in [-0.39, 0.29) is 33.7 Å². The molecule has 1 N–H and O–H groups in total. The molecule has 1 amide bonds. The molecule has 3 aromatic carbocycles. The van der Waals surface area contributed by atoms with E-state index < -0.39 is 11.9 Å². The average molecular weight is 512 g/mol. The minimum Gasteiger partial charge on any atom is -0.482 e. The molecular weight excluding hydrogens is 498 g/mol. The number of amides is 1. The van der Waals surface area contributed by atoms with E-state index in [1.165, 1.54) is 18.3 Å². The molecule has 0 heterocycles. The lowest BCUT2D eigenvalue weighted by molar-refractivity contribution is -0.123. The molecule has 0 aliphatic rings. The summed E-state index contributed by atoms with van der Waals surface area (Å²) in [5.74, 6) is -0.577. The Morgan fingerprint density at radius 3 is 2.50 bits per heavy atom. The number of carbonyl (C=O) groups excluding carboxylic acids is 2. The standard InChI is InChI=1S/C22H14Cl4N2O4/c23-14-7-8-16(18(25)10-14)22(30)32-15-4-1-3-13(9-15)11-27-28-20(29)12-31-19-6-2-5-17(24)21(19)26/h1-11H,12H2,(H,28,29). The molecule has 3 aromatic rings. The quantitative estimate of drug-likeness (QED) is 0.181. The molecule has 0 aliphatic carbocycles. The molecule has 0 saturated carbocycles. The van der Waals surface area contributed by atoms with Crippen LogP contribution in [-0.4, -0.2) is 24.7 Å². The molecule has 0 spiro atoms. The maximum atomic E-state index is 12.3. The molecule has 32 heavy (non-hydrogen) atoms. The van der Waals surface area contributed by atoms with E-state index >= 15 is 0 Å². The van der Waals surface area contributed by atoms with E-state index in [9.17, 15) is 9.59 Å². The first-order valence-corrected chi connectivity index (χ1v) is 10.5. The van der Waals surface area contributed by atoms with Crippen LogP contribution in [0.15, 0.2) is 65.8 Å². The highest BCUT2D eigenvalue weighted by molar-refractivity contribution is 6.43. The van der Waals surface area contributed by atoms with Gasteiger partial charge in [0.2, 0.25) is 0 Å². The van der Waals surface area contributed by atoms with Gasteiger partial charge in [0, 0.05) is 5.02 Å². The number of esters is 1. The van der Waals surface area contributed by atoms with Crippen LogP contribution in [0.25, 0.3) is 0 Å². The lowest BCUT2D eigenvalue weighted by Gasteiger charge is -2.08. The molecule has 0 aliphatic heterocycles. The summed E-state index contributed by atoms with van der Waals surface area (Å²) >= 11 is 23.8. The molecule has 0 saturated heterocycles. The SMILES string of the molecule is O=C(COc1cccc(Cl)c1Cl)NN=Cc1cccc(OC(=O)c2ccc(Cl)cc2Cl)c1. The third kappa shape index (κ3) is 6.61. The van der Waals surface area contributed by atoms with Crippen LogP contribution in [0.1, 0.15) is 15.9 Å². The van der Waals surface area contributed by atoms with Gasteiger partial charge < -0.3 is 9.47 Å². The molecule has 0 aromatic heterocycles. The number of benzene rings is 3. The molecule has 0 radical (unpaired) electrons. The Bertz CT molecular complexity index is 1180. The lowest BCUT2D eigenvalue weighted by atomic mass is 10.2. The van der Waals surface area contributed by atoms with Crippen LogP contribution < -0.4 is 14.9 Å². The Balaban J connectivity index is 1.55. The van der Waals surface area contributed by atoms with Crippen molar-refractivity contribution in [1.82, 2.24) is 5.43 Å². The average Bonchev–Trinajstić information content (AvgIpc) is 2.75. The van der Waals surface area contributed by atoms with E-state index in [2.05, 4.69) is 10.5 Å². The molecular formula is C22H14Cl4N2O4. The Kier molecular flexibility index (Phi) is 8.36. The van der Waals surface area contributed by atoms with E-state index in [0.717, 1.165) is 0 Å². The largest absolute Gasteiger partial charge is 0.482 e. The second-order valence-corrected chi connectivity index (χ2v) is 7.85. The third-order valence-corrected chi connectivity index (χ3v) is 5.25. The van der Waals surface area contributed by atoms with Crippen molar-refractivity contribution in [3.05, 3.63) is 91.9 Å². The first kappa shape index (κ1) is 23.9. The first-order chi connectivity index (χ1) is 15.3. The number of carbonyl (C=O) groups is 2. The maximum absolute atomic E-state index is 12.3. The summed E-state index contributed by atoms with van der Waals surface area (Å²) < 4.78 is 10.7.